The monoisotopic (exact) mass is 282 g/mol. The normalized spacial score (nSPS) is 24.2. The molecule has 2 atom stereocenters. The van der Waals surface area contributed by atoms with Gasteiger partial charge in [-0.25, -0.2) is 0 Å². The summed E-state index contributed by atoms with van der Waals surface area (Å²) in [7, 11) is 0. The second-order valence-electron chi connectivity index (χ2n) is 4.52. The molecule has 0 aromatic carbocycles. The van der Waals surface area contributed by atoms with Crippen molar-refractivity contribution in [2.24, 2.45) is 0 Å². The number of nitrogens with zero attached hydrogens (tertiary/aromatic N) is 4. The van der Waals surface area contributed by atoms with Crippen LogP contribution in [-0.2, 0) is 0 Å². The summed E-state index contributed by atoms with van der Waals surface area (Å²) >= 11 is 2.99. The molecule has 4 N–H and O–H groups in total. The van der Waals surface area contributed by atoms with Gasteiger partial charge in [-0.15, -0.1) is 20.4 Å². The van der Waals surface area contributed by atoms with Crippen LogP contribution in [0.3, 0.4) is 0 Å². The average molecular weight is 282 g/mol. The summed E-state index contributed by atoms with van der Waals surface area (Å²) in [5.41, 5.74) is 11.3. The van der Waals surface area contributed by atoms with Crippen LogP contribution < -0.4 is 11.5 Å². The zero-order valence-corrected chi connectivity index (χ0v) is 11.4. The predicted molar refractivity (Wildman–Crippen MR) is 72.6 cm³/mol. The third kappa shape index (κ3) is 2.30. The van der Waals surface area contributed by atoms with Crippen LogP contribution >= 0.6 is 22.7 Å². The number of nitrogens with two attached hydrogens (primary N) is 2. The number of hydrogen-bond acceptors (Lipinski definition) is 8. The van der Waals surface area contributed by atoms with Gasteiger partial charge in [-0.2, -0.15) is 0 Å². The van der Waals surface area contributed by atoms with Gasteiger partial charge in [0.25, 0.3) is 0 Å². The first kappa shape index (κ1) is 11.8. The molecule has 0 aliphatic heterocycles. The van der Waals surface area contributed by atoms with Crippen molar-refractivity contribution in [3.63, 3.8) is 0 Å². The third-order valence-electron chi connectivity index (χ3n) is 3.29. The van der Waals surface area contributed by atoms with Gasteiger partial charge in [0.15, 0.2) is 0 Å². The van der Waals surface area contributed by atoms with E-state index in [1.165, 1.54) is 29.1 Å². The van der Waals surface area contributed by atoms with Crippen molar-refractivity contribution in [2.45, 2.75) is 37.5 Å². The van der Waals surface area contributed by atoms with Crippen LogP contribution in [0.25, 0.3) is 0 Å². The molecule has 2 aromatic heterocycles. The van der Waals surface area contributed by atoms with Gasteiger partial charge in [-0.1, -0.05) is 29.1 Å². The largest absolute Gasteiger partial charge is 0.374 e. The summed E-state index contributed by atoms with van der Waals surface area (Å²) in [6.07, 6.45) is 4.52. The van der Waals surface area contributed by atoms with Crippen molar-refractivity contribution in [1.29, 1.82) is 0 Å². The second kappa shape index (κ2) is 4.77. The van der Waals surface area contributed by atoms with E-state index in [1.807, 2.05) is 0 Å². The Kier molecular flexibility index (Phi) is 3.13. The van der Waals surface area contributed by atoms with E-state index in [1.54, 1.807) is 0 Å². The molecule has 0 amide bonds. The summed E-state index contributed by atoms with van der Waals surface area (Å²) in [4.78, 5) is 0. The van der Waals surface area contributed by atoms with Crippen molar-refractivity contribution in [3.05, 3.63) is 10.0 Å². The Labute approximate surface area is 112 Å². The first-order valence-electron chi connectivity index (χ1n) is 5.90. The molecule has 96 valence electrons. The van der Waals surface area contributed by atoms with Crippen molar-refractivity contribution in [1.82, 2.24) is 20.4 Å². The van der Waals surface area contributed by atoms with Gasteiger partial charge in [0.1, 0.15) is 10.0 Å². The Bertz CT molecular complexity index is 490. The maximum absolute atomic E-state index is 5.64. The Balaban J connectivity index is 1.76. The van der Waals surface area contributed by atoms with E-state index in [0.29, 0.717) is 22.1 Å². The fourth-order valence-electron chi connectivity index (χ4n) is 2.46. The highest BCUT2D eigenvalue weighted by atomic mass is 32.1. The molecule has 8 heteroatoms. The molecule has 3 rings (SSSR count). The molecule has 1 saturated carbocycles. The summed E-state index contributed by atoms with van der Waals surface area (Å²) in [5.74, 6) is 0.896. The summed E-state index contributed by atoms with van der Waals surface area (Å²) < 4.78 is 0. The predicted octanol–water partition coefficient (Wildman–Crippen LogP) is 2.00. The molecular weight excluding hydrogens is 268 g/mol. The number of rotatable bonds is 2. The number of anilines is 2. The van der Waals surface area contributed by atoms with E-state index in [2.05, 4.69) is 20.4 Å². The summed E-state index contributed by atoms with van der Waals surface area (Å²) in [6, 6.07) is 0. The van der Waals surface area contributed by atoms with Crippen LogP contribution in [0.2, 0.25) is 0 Å². The third-order valence-corrected chi connectivity index (χ3v) is 5.12. The Morgan fingerprint density at radius 2 is 1.33 bits per heavy atom. The van der Waals surface area contributed by atoms with Crippen molar-refractivity contribution < 1.29 is 0 Å². The molecular formula is C10H14N6S2. The minimum atomic E-state index is 0.448. The molecule has 0 radical (unpaired) electrons. The summed E-state index contributed by atoms with van der Waals surface area (Å²) in [6.45, 7) is 0. The molecule has 1 aliphatic rings. The molecule has 0 unspecified atom stereocenters. The standard InChI is InChI=1S/C10H14N6S2/c11-9-15-13-7(17-9)5-2-1-3-6(4-5)8-14-16-10(12)18-8/h5-6H,1-4H2,(H2,11,15)(H2,12,16)/t5-,6-/m1/s1. The van der Waals surface area contributed by atoms with Gasteiger partial charge in [0, 0.05) is 11.8 Å². The molecule has 1 aliphatic carbocycles. The first-order valence-corrected chi connectivity index (χ1v) is 7.53. The number of hydrogen-bond donors (Lipinski definition) is 2. The topological polar surface area (TPSA) is 104 Å². The van der Waals surface area contributed by atoms with E-state index in [4.69, 9.17) is 11.5 Å². The minimum Gasteiger partial charge on any atom is -0.374 e. The SMILES string of the molecule is Nc1nnc([C@@H]2CCC[C@@H](c3nnc(N)s3)C2)s1. The van der Waals surface area contributed by atoms with Crippen LogP contribution in [-0.4, -0.2) is 20.4 Å². The number of aromatic nitrogens is 4. The first-order chi connectivity index (χ1) is 8.72. The van der Waals surface area contributed by atoms with E-state index in [0.717, 1.165) is 29.3 Å². The molecule has 6 nitrogen and oxygen atoms in total. The lowest BCUT2D eigenvalue weighted by atomic mass is 9.82. The zero-order chi connectivity index (χ0) is 12.5. The van der Waals surface area contributed by atoms with Crippen LogP contribution in [0, 0.1) is 0 Å². The Morgan fingerprint density at radius 3 is 1.72 bits per heavy atom. The van der Waals surface area contributed by atoms with Gasteiger partial charge in [0.05, 0.1) is 0 Å². The quantitative estimate of drug-likeness (QED) is 0.873. The fraction of sp³-hybridized carbons (Fsp3) is 0.600. The van der Waals surface area contributed by atoms with E-state index in [9.17, 15) is 0 Å². The van der Waals surface area contributed by atoms with Gasteiger partial charge in [0.2, 0.25) is 10.3 Å². The van der Waals surface area contributed by atoms with E-state index < -0.39 is 0 Å². The van der Waals surface area contributed by atoms with E-state index >= 15 is 0 Å². The van der Waals surface area contributed by atoms with Crippen molar-refractivity contribution >= 4 is 32.9 Å². The van der Waals surface area contributed by atoms with Crippen LogP contribution in [0.1, 0.15) is 47.5 Å². The highest BCUT2D eigenvalue weighted by Gasteiger charge is 2.28. The Morgan fingerprint density at radius 1 is 0.833 bits per heavy atom. The van der Waals surface area contributed by atoms with Crippen molar-refractivity contribution in [3.8, 4) is 0 Å². The Hall–Kier alpha value is -1.28. The van der Waals surface area contributed by atoms with Gasteiger partial charge >= 0.3 is 0 Å². The molecule has 1 fully saturated rings. The lowest BCUT2D eigenvalue weighted by Crippen LogP contribution is -2.12. The van der Waals surface area contributed by atoms with E-state index in [-0.39, 0.29) is 0 Å². The molecule has 0 spiro atoms. The minimum absolute atomic E-state index is 0.448. The molecule has 0 saturated heterocycles. The maximum Gasteiger partial charge on any atom is 0.203 e. The lowest BCUT2D eigenvalue weighted by Gasteiger charge is -2.25. The average Bonchev–Trinajstić information content (AvgIpc) is 2.98. The van der Waals surface area contributed by atoms with Gasteiger partial charge in [-0.05, 0) is 19.3 Å². The number of nitrogen functional groups attached to an aromatic ring is 2. The molecule has 0 bridgehead atoms. The highest BCUT2D eigenvalue weighted by molar-refractivity contribution is 7.15. The van der Waals surface area contributed by atoms with Crippen LogP contribution in [0.15, 0.2) is 0 Å². The second-order valence-corrected chi connectivity index (χ2v) is 6.60. The van der Waals surface area contributed by atoms with Gasteiger partial charge < -0.3 is 11.5 Å². The summed E-state index contributed by atoms with van der Waals surface area (Å²) in [5, 5.41) is 19.3. The molecule has 18 heavy (non-hydrogen) atoms. The van der Waals surface area contributed by atoms with Crippen LogP contribution in [0.4, 0.5) is 10.3 Å². The smallest absolute Gasteiger partial charge is 0.203 e. The fourth-order valence-corrected chi connectivity index (χ4v) is 3.98. The molecule has 2 aromatic rings. The van der Waals surface area contributed by atoms with Crippen molar-refractivity contribution in [2.75, 3.05) is 11.5 Å². The maximum atomic E-state index is 5.64. The van der Waals surface area contributed by atoms with Crippen LogP contribution in [0.5, 0.6) is 0 Å². The molecule has 2 heterocycles. The highest BCUT2D eigenvalue weighted by Crippen LogP contribution is 2.42. The lowest BCUT2D eigenvalue weighted by molar-refractivity contribution is 0.390. The van der Waals surface area contributed by atoms with Gasteiger partial charge in [-0.3, -0.25) is 0 Å². The zero-order valence-electron chi connectivity index (χ0n) is 9.74.